The van der Waals surface area contributed by atoms with Crippen LogP contribution < -0.4 is 10.1 Å². The van der Waals surface area contributed by atoms with E-state index in [-0.39, 0.29) is 28.8 Å². The minimum Gasteiger partial charge on any atom is -0.481 e. The third kappa shape index (κ3) is 9.15. The molecule has 0 radical (unpaired) electrons. The fourth-order valence-corrected chi connectivity index (χ4v) is 3.80. The van der Waals surface area contributed by atoms with Crippen molar-refractivity contribution in [1.82, 2.24) is 4.90 Å². The maximum atomic E-state index is 12.7. The summed E-state index contributed by atoms with van der Waals surface area (Å²) in [5.74, 6) is -2.86. The Morgan fingerprint density at radius 1 is 1.14 bits per heavy atom. The van der Waals surface area contributed by atoms with E-state index in [9.17, 15) is 23.2 Å². The van der Waals surface area contributed by atoms with Crippen LogP contribution in [-0.2, 0) is 14.4 Å². The van der Waals surface area contributed by atoms with Crippen LogP contribution in [0.3, 0.4) is 0 Å². The van der Waals surface area contributed by atoms with Gasteiger partial charge in [0, 0.05) is 37.7 Å². The third-order valence-corrected chi connectivity index (χ3v) is 5.57. The molecule has 0 aliphatic carbocycles. The van der Waals surface area contributed by atoms with Gasteiger partial charge < -0.3 is 20.3 Å². The van der Waals surface area contributed by atoms with Gasteiger partial charge in [-0.05, 0) is 48.5 Å². The second-order valence-corrected chi connectivity index (χ2v) is 8.70. The average molecular weight is 544 g/mol. The van der Waals surface area contributed by atoms with Gasteiger partial charge in [0.1, 0.15) is 11.0 Å². The van der Waals surface area contributed by atoms with Crippen molar-refractivity contribution < 1.29 is 42.9 Å². The van der Waals surface area contributed by atoms with Crippen molar-refractivity contribution in [1.29, 1.82) is 0 Å². The number of nitrogens with one attached hydrogen (secondary N) is 1. The molecule has 0 bridgehead atoms. The molecule has 2 amide bonds. The van der Waals surface area contributed by atoms with Crippen molar-refractivity contribution in [2.75, 3.05) is 12.4 Å². The minimum atomic E-state index is -3.84. The molecule has 1 aliphatic rings. The number of alkyl halides is 3. The Balaban J connectivity index is 0.00000106. The van der Waals surface area contributed by atoms with Gasteiger partial charge in [-0.25, -0.2) is 9.79 Å². The summed E-state index contributed by atoms with van der Waals surface area (Å²) in [5, 5.41) is 18.5. The van der Waals surface area contributed by atoms with E-state index in [0.717, 1.165) is 18.7 Å². The summed E-state index contributed by atoms with van der Waals surface area (Å²) in [6, 6.07) is 10.9. The molecule has 192 valence electrons. The number of amidine groups is 1. The summed E-state index contributed by atoms with van der Waals surface area (Å²) >= 11 is 5.79. The number of nitrogens with zero attached hydrogens (tertiary/aromatic N) is 2. The van der Waals surface area contributed by atoms with E-state index in [2.05, 4.69) is 15.0 Å². The number of carbonyl (C=O) groups excluding carboxylic acids is 2. The molecule has 1 unspecified atom stereocenters. The Bertz CT molecular complexity index is 1150. The highest BCUT2D eigenvalue weighted by Crippen LogP contribution is 2.31. The van der Waals surface area contributed by atoms with Crippen LogP contribution in [0, 0.1) is 0 Å². The molecule has 1 aliphatic heterocycles. The lowest BCUT2D eigenvalue weighted by Crippen LogP contribution is -2.43. The molecule has 36 heavy (non-hydrogen) atoms. The van der Waals surface area contributed by atoms with Gasteiger partial charge in [-0.3, -0.25) is 19.3 Å². The molecule has 1 heterocycles. The number of thioether (sulfide) groups is 1. The van der Waals surface area contributed by atoms with Crippen LogP contribution in [0.25, 0.3) is 0 Å². The van der Waals surface area contributed by atoms with E-state index in [1.165, 1.54) is 60.5 Å². The van der Waals surface area contributed by atoms with E-state index in [0.29, 0.717) is 11.4 Å². The van der Waals surface area contributed by atoms with Crippen molar-refractivity contribution >= 4 is 63.7 Å². The van der Waals surface area contributed by atoms with E-state index >= 15 is 0 Å². The number of anilines is 1. The number of hydrogen-bond acceptors (Lipinski definition) is 7. The summed E-state index contributed by atoms with van der Waals surface area (Å²) < 4.78 is 29.7. The van der Waals surface area contributed by atoms with Crippen LogP contribution >= 0.6 is 23.4 Å². The quantitative estimate of drug-likeness (QED) is 0.459. The van der Waals surface area contributed by atoms with Gasteiger partial charge in [0.05, 0.1) is 11.3 Å². The molecule has 1 saturated heterocycles. The number of aliphatic imine (C=N–C) groups is 1. The van der Waals surface area contributed by atoms with Crippen molar-refractivity contribution in [2.24, 2.45) is 4.99 Å². The van der Waals surface area contributed by atoms with Gasteiger partial charge in [0.15, 0.2) is 5.17 Å². The van der Waals surface area contributed by atoms with E-state index in [1.54, 1.807) is 0 Å². The van der Waals surface area contributed by atoms with E-state index in [1.807, 2.05) is 0 Å². The number of carbonyl (C=O) groups is 4. The van der Waals surface area contributed by atoms with Crippen molar-refractivity contribution in [3.05, 3.63) is 54.1 Å². The van der Waals surface area contributed by atoms with Gasteiger partial charge in [-0.1, -0.05) is 11.8 Å². The first-order chi connectivity index (χ1) is 16.7. The second-order valence-electron chi connectivity index (χ2n) is 7.09. The highest BCUT2D eigenvalue weighted by Gasteiger charge is 2.34. The third-order valence-electron chi connectivity index (χ3n) is 4.26. The number of aliphatic carboxylic acids is 1. The highest BCUT2D eigenvalue weighted by atomic mass is 35.5. The largest absolute Gasteiger partial charge is 0.487 e. The topological polar surface area (TPSA) is 146 Å². The van der Waals surface area contributed by atoms with Crippen LogP contribution in [0.5, 0.6) is 5.75 Å². The zero-order chi connectivity index (χ0) is 27.0. The number of benzene rings is 2. The number of carboxylic acid groups (broad SMARTS) is 2. The standard InChI is InChI=1S/C20H16ClF2N3O5S.C2H4O2/c1-26-16(27)10-15(17(28)24-12-4-2-11(3-5-12)18(29)30)32-19(26)25-13-6-8-14(9-7-13)31-20(21,22)23;1-2(3)4/h2-9,15H,10H2,1H3,(H,24,28)(H,29,30);1H3,(H,3,4). The fourth-order valence-electron chi connectivity index (χ4n) is 2.65. The van der Waals surface area contributed by atoms with Gasteiger partial charge in [0.25, 0.3) is 5.97 Å². The normalized spacial score (nSPS) is 16.6. The zero-order valence-corrected chi connectivity index (χ0v) is 20.3. The molecule has 1 fully saturated rings. The molecule has 0 spiro atoms. The SMILES string of the molecule is CC(=O)O.CN1C(=O)CC(C(=O)Nc2ccc(C(=O)O)cc2)SC1=Nc1ccc(OC(F)(F)Cl)cc1. The summed E-state index contributed by atoms with van der Waals surface area (Å²) in [5.41, 5.74) is -3.03. The van der Waals surface area contributed by atoms with Crippen LogP contribution in [0.2, 0.25) is 0 Å². The molecule has 1 atom stereocenters. The Morgan fingerprint density at radius 2 is 1.69 bits per heavy atom. The summed E-state index contributed by atoms with van der Waals surface area (Å²) in [4.78, 5) is 50.5. The molecule has 14 heteroatoms. The summed E-state index contributed by atoms with van der Waals surface area (Å²) in [6.45, 7) is 1.08. The van der Waals surface area contributed by atoms with Gasteiger partial charge >= 0.3 is 11.5 Å². The van der Waals surface area contributed by atoms with Crippen molar-refractivity contribution in [3.8, 4) is 5.75 Å². The monoisotopic (exact) mass is 543 g/mol. The summed E-state index contributed by atoms with van der Waals surface area (Å²) in [6.07, 6.45) is -0.0587. The maximum absolute atomic E-state index is 12.7. The van der Waals surface area contributed by atoms with Crippen molar-refractivity contribution in [2.45, 2.75) is 24.2 Å². The van der Waals surface area contributed by atoms with Crippen LogP contribution in [0.4, 0.5) is 20.2 Å². The van der Waals surface area contributed by atoms with Gasteiger partial charge in [0.2, 0.25) is 11.8 Å². The van der Waals surface area contributed by atoms with Crippen LogP contribution in [0.15, 0.2) is 53.5 Å². The average Bonchev–Trinajstić information content (AvgIpc) is 2.77. The summed E-state index contributed by atoms with van der Waals surface area (Å²) in [7, 11) is 1.51. The predicted molar refractivity (Wildman–Crippen MR) is 129 cm³/mol. The number of carboxylic acids is 2. The lowest BCUT2D eigenvalue weighted by atomic mass is 10.2. The number of amides is 2. The second kappa shape index (κ2) is 12.3. The predicted octanol–water partition coefficient (Wildman–Crippen LogP) is 4.23. The lowest BCUT2D eigenvalue weighted by molar-refractivity contribution is -0.134. The van der Waals surface area contributed by atoms with E-state index in [4.69, 9.17) is 26.6 Å². The molecule has 0 aromatic heterocycles. The molecule has 2 aromatic rings. The van der Waals surface area contributed by atoms with Crippen LogP contribution in [-0.4, -0.2) is 61.9 Å². The molecule has 2 aromatic carbocycles. The highest BCUT2D eigenvalue weighted by molar-refractivity contribution is 8.15. The first kappa shape index (κ1) is 28.5. The van der Waals surface area contributed by atoms with Crippen LogP contribution in [0.1, 0.15) is 23.7 Å². The van der Waals surface area contributed by atoms with Gasteiger partial charge in [-0.2, -0.15) is 0 Å². The molecule has 3 N–H and O–H groups in total. The lowest BCUT2D eigenvalue weighted by Gasteiger charge is -2.28. The molecular weight excluding hydrogens is 524 g/mol. The molecule has 0 saturated carbocycles. The Labute approximate surface area is 212 Å². The number of hydrogen-bond donors (Lipinski definition) is 3. The number of halogens is 3. The number of rotatable bonds is 6. The fraction of sp³-hybridized carbons (Fsp3) is 0.227. The Morgan fingerprint density at radius 3 is 2.19 bits per heavy atom. The molecule has 3 rings (SSSR count). The number of ether oxygens (including phenoxy) is 1. The molecular formula is C22H20ClF2N3O7S. The van der Waals surface area contributed by atoms with E-state index < -0.39 is 28.7 Å². The maximum Gasteiger partial charge on any atom is 0.487 e. The Hall–Kier alpha value is -3.71. The minimum absolute atomic E-state index is 0.0587. The smallest absolute Gasteiger partial charge is 0.481 e. The van der Waals surface area contributed by atoms with Crippen molar-refractivity contribution in [3.63, 3.8) is 0 Å². The Kier molecular flexibility index (Phi) is 9.76. The zero-order valence-electron chi connectivity index (χ0n) is 18.8. The number of aromatic carboxylic acids is 1. The first-order valence-corrected chi connectivity index (χ1v) is 11.2. The van der Waals surface area contributed by atoms with Gasteiger partial charge in [-0.15, -0.1) is 8.78 Å². The first-order valence-electron chi connectivity index (χ1n) is 9.96. The molecule has 10 nitrogen and oxygen atoms in total.